The fourth-order valence-corrected chi connectivity index (χ4v) is 9.03. The number of hydrogen-bond acceptors (Lipinski definition) is 9. The lowest BCUT2D eigenvalue weighted by Gasteiger charge is -2.45. The molecule has 0 bridgehead atoms. The number of halogens is 1. The van der Waals surface area contributed by atoms with Gasteiger partial charge in [0.1, 0.15) is 11.9 Å². The van der Waals surface area contributed by atoms with Crippen molar-refractivity contribution in [1.29, 1.82) is 5.26 Å². The van der Waals surface area contributed by atoms with Crippen molar-refractivity contribution in [3.8, 4) is 6.07 Å². The van der Waals surface area contributed by atoms with E-state index < -0.39 is 0 Å². The zero-order valence-electron chi connectivity index (χ0n) is 31.9. The number of amides is 5. The van der Waals surface area contributed by atoms with Gasteiger partial charge in [-0.2, -0.15) is 10.4 Å². The summed E-state index contributed by atoms with van der Waals surface area (Å²) in [5.41, 5.74) is 3.89. The number of nitrogens with one attached hydrogen (secondary N) is 2. The highest BCUT2D eigenvalue weighted by Crippen LogP contribution is 2.33. The summed E-state index contributed by atoms with van der Waals surface area (Å²) in [5, 5.41) is 20.9. The van der Waals surface area contributed by atoms with E-state index in [0.717, 1.165) is 86.5 Å². The van der Waals surface area contributed by atoms with Crippen molar-refractivity contribution in [3.63, 3.8) is 0 Å². The Labute approximate surface area is 332 Å². The number of likely N-dealkylation sites (tertiary alicyclic amines) is 1. The third-order valence-electron chi connectivity index (χ3n) is 12.0. The lowest BCUT2D eigenvalue weighted by molar-refractivity contribution is -0.120. The van der Waals surface area contributed by atoms with E-state index in [1.807, 2.05) is 54.4 Å². The van der Waals surface area contributed by atoms with Crippen molar-refractivity contribution < 1.29 is 14.4 Å². The Hall–Kier alpha value is -5.39. The van der Waals surface area contributed by atoms with Crippen LogP contribution in [0.15, 0.2) is 60.9 Å². The van der Waals surface area contributed by atoms with Crippen molar-refractivity contribution in [3.05, 3.63) is 71.5 Å². The molecule has 292 valence electrons. The maximum absolute atomic E-state index is 13.4. The smallest absolute Gasteiger partial charge is 0.328 e. The van der Waals surface area contributed by atoms with Crippen LogP contribution in [0, 0.1) is 17.2 Å². The van der Waals surface area contributed by atoms with Crippen molar-refractivity contribution in [2.45, 2.75) is 64.1 Å². The zero-order chi connectivity index (χ0) is 38.9. The topological polar surface area (TPSA) is 146 Å². The van der Waals surface area contributed by atoms with Crippen LogP contribution in [-0.2, 0) is 4.79 Å². The van der Waals surface area contributed by atoms with Gasteiger partial charge in [0.15, 0.2) is 0 Å². The number of piperidine rings is 2. The van der Waals surface area contributed by atoms with E-state index in [1.165, 1.54) is 0 Å². The van der Waals surface area contributed by atoms with E-state index in [1.54, 1.807) is 17.2 Å². The molecular weight excluding hydrogens is 730 g/mol. The minimum absolute atomic E-state index is 0.0298. The molecule has 2 N–H and O–H groups in total. The van der Waals surface area contributed by atoms with Crippen LogP contribution in [0.3, 0.4) is 0 Å². The SMILES string of the molecule is C[C@@H]1CN(C(=O)Nc2ccc(N3CCC(CN4CCC(n5ncc6c(N7CCC(=O)NC7=O)cccc65)CC4)CC3)nc2)[C@@H](C)CN1c1ccc(C#N)c(Cl)c1. The monoisotopic (exact) mass is 777 g/mol. The Kier molecular flexibility index (Phi) is 10.7. The summed E-state index contributed by atoms with van der Waals surface area (Å²) in [6, 6.07) is 17.3. The second-order valence-corrected chi connectivity index (χ2v) is 16.0. The molecule has 4 aromatic rings. The number of aromatic nitrogens is 3. The van der Waals surface area contributed by atoms with Gasteiger partial charge in [-0.25, -0.2) is 14.6 Å². The molecular formula is C41H48ClN11O3. The average molecular weight is 778 g/mol. The summed E-state index contributed by atoms with van der Waals surface area (Å²) < 4.78 is 2.13. The van der Waals surface area contributed by atoms with E-state index in [0.29, 0.717) is 54.3 Å². The summed E-state index contributed by atoms with van der Waals surface area (Å²) in [7, 11) is 0. The molecule has 4 fully saturated rings. The molecule has 0 saturated carbocycles. The van der Waals surface area contributed by atoms with E-state index >= 15 is 0 Å². The summed E-state index contributed by atoms with van der Waals surface area (Å²) in [6.45, 7) is 10.8. The third-order valence-corrected chi connectivity index (χ3v) is 12.3. The van der Waals surface area contributed by atoms with Gasteiger partial charge in [0.2, 0.25) is 5.91 Å². The van der Waals surface area contributed by atoms with Crippen LogP contribution in [0.4, 0.5) is 32.5 Å². The van der Waals surface area contributed by atoms with Gasteiger partial charge in [-0.1, -0.05) is 17.7 Å². The first-order chi connectivity index (χ1) is 27.1. The van der Waals surface area contributed by atoms with Crippen molar-refractivity contribution in [2.75, 3.05) is 72.4 Å². The van der Waals surface area contributed by atoms with Crippen LogP contribution in [0.5, 0.6) is 0 Å². The maximum Gasteiger partial charge on any atom is 0.328 e. The highest BCUT2D eigenvalue weighted by Gasteiger charge is 2.33. The standard InChI is InChI=1S/C41H48ClN11O3/c1-27-25-52(28(2)24-51(27)33-8-6-30(21-43)35(42)20-33)40(55)46-31-7-9-38(44-22-31)49-17-10-29(11-18-49)26-48-15-12-32(13-16-48)53-37-5-3-4-36(34(37)23-45-53)50-19-14-39(54)47-41(50)56/h3-9,20,22-23,27-29,32H,10-19,24-26H2,1-2H3,(H,46,55)(H,47,54,56)/t27-,28+/m1/s1. The van der Waals surface area contributed by atoms with Crippen LogP contribution in [0.25, 0.3) is 10.9 Å². The highest BCUT2D eigenvalue weighted by molar-refractivity contribution is 6.32. The number of nitrogens with zero attached hydrogens (tertiary/aromatic N) is 9. The fourth-order valence-electron chi connectivity index (χ4n) is 8.82. The third kappa shape index (κ3) is 7.70. The molecule has 5 amide bonds. The van der Waals surface area contributed by atoms with Crippen LogP contribution < -0.4 is 25.3 Å². The second-order valence-electron chi connectivity index (χ2n) is 15.6. The Balaban J connectivity index is 0.787. The molecule has 0 spiro atoms. The number of rotatable bonds is 7. The van der Waals surface area contributed by atoms with Crippen molar-refractivity contribution in [2.24, 2.45) is 5.92 Å². The maximum atomic E-state index is 13.4. The van der Waals surface area contributed by atoms with E-state index in [4.69, 9.17) is 21.7 Å². The van der Waals surface area contributed by atoms with E-state index in [-0.39, 0.29) is 30.1 Å². The fraction of sp³-hybridized carbons (Fsp3) is 0.463. The molecule has 14 nitrogen and oxygen atoms in total. The predicted molar refractivity (Wildman–Crippen MR) is 217 cm³/mol. The summed E-state index contributed by atoms with van der Waals surface area (Å²) in [4.78, 5) is 53.0. The number of anilines is 4. The van der Waals surface area contributed by atoms with Crippen LogP contribution in [0.1, 0.15) is 57.6 Å². The first-order valence-electron chi connectivity index (χ1n) is 19.7. The Morgan fingerprint density at radius 2 is 1.77 bits per heavy atom. The highest BCUT2D eigenvalue weighted by atomic mass is 35.5. The number of carbonyl (C=O) groups is 3. The molecule has 56 heavy (non-hydrogen) atoms. The van der Waals surface area contributed by atoms with Gasteiger partial charge in [0.25, 0.3) is 0 Å². The zero-order valence-corrected chi connectivity index (χ0v) is 32.7. The second kappa shape index (κ2) is 16.0. The van der Waals surface area contributed by atoms with Crippen LogP contribution in [-0.4, -0.2) is 107 Å². The number of nitriles is 1. The Bertz CT molecular complexity index is 2140. The van der Waals surface area contributed by atoms with Gasteiger partial charge < -0.3 is 24.9 Å². The van der Waals surface area contributed by atoms with Gasteiger partial charge in [-0.3, -0.25) is 19.7 Å². The van der Waals surface area contributed by atoms with Gasteiger partial charge in [0.05, 0.1) is 45.9 Å². The van der Waals surface area contributed by atoms with Crippen LogP contribution in [0.2, 0.25) is 5.02 Å². The predicted octanol–water partition coefficient (Wildman–Crippen LogP) is 6.09. The molecule has 2 aromatic heterocycles. The van der Waals surface area contributed by atoms with E-state index in [2.05, 4.69) is 49.1 Å². The summed E-state index contributed by atoms with van der Waals surface area (Å²) >= 11 is 6.31. The van der Waals surface area contributed by atoms with Crippen molar-refractivity contribution in [1.82, 2.24) is 29.9 Å². The van der Waals surface area contributed by atoms with Gasteiger partial charge in [-0.15, -0.1) is 0 Å². The normalized spacial score (nSPS) is 21.7. The van der Waals surface area contributed by atoms with Gasteiger partial charge >= 0.3 is 12.1 Å². The van der Waals surface area contributed by atoms with Gasteiger partial charge in [0, 0.05) is 81.9 Å². The molecule has 6 heterocycles. The molecule has 0 aliphatic carbocycles. The molecule has 0 unspecified atom stereocenters. The summed E-state index contributed by atoms with van der Waals surface area (Å²) in [6.07, 6.45) is 8.16. The summed E-state index contributed by atoms with van der Waals surface area (Å²) in [5.74, 6) is 1.33. The molecule has 8 rings (SSSR count). The number of imide groups is 1. The largest absolute Gasteiger partial charge is 0.365 e. The van der Waals surface area contributed by atoms with E-state index in [9.17, 15) is 19.6 Å². The molecule has 4 saturated heterocycles. The average Bonchev–Trinajstić information content (AvgIpc) is 3.64. The number of hydrogen-bond donors (Lipinski definition) is 2. The molecule has 0 radical (unpaired) electrons. The number of benzene rings is 2. The molecule has 15 heteroatoms. The molecule has 2 atom stereocenters. The molecule has 4 aliphatic heterocycles. The minimum atomic E-state index is -0.378. The van der Waals surface area contributed by atoms with Crippen LogP contribution >= 0.6 is 11.6 Å². The number of carbonyl (C=O) groups excluding carboxylic acids is 3. The Morgan fingerprint density at radius 3 is 2.48 bits per heavy atom. The first kappa shape index (κ1) is 37.5. The molecule has 4 aliphatic rings. The Morgan fingerprint density at radius 1 is 0.964 bits per heavy atom. The first-order valence-corrected chi connectivity index (χ1v) is 20.1. The number of fused-ring (bicyclic) bond motifs is 1. The number of urea groups is 2. The lowest BCUT2D eigenvalue weighted by atomic mass is 9.94. The molecule has 2 aromatic carbocycles. The number of pyridine rings is 1. The number of piperazine rings is 1. The van der Waals surface area contributed by atoms with Crippen molar-refractivity contribution >= 4 is 63.4 Å². The lowest BCUT2D eigenvalue weighted by Crippen LogP contribution is -2.59. The van der Waals surface area contributed by atoms with Gasteiger partial charge in [-0.05, 0) is 87.9 Å². The quantitative estimate of drug-likeness (QED) is 0.228. The minimum Gasteiger partial charge on any atom is -0.365 e.